The lowest BCUT2D eigenvalue weighted by Crippen LogP contribution is -2.59. The minimum Gasteiger partial charge on any atom is -0.313 e. The summed E-state index contributed by atoms with van der Waals surface area (Å²) in [6.45, 7) is 24.2. The van der Waals surface area contributed by atoms with Gasteiger partial charge in [0, 0.05) is 17.2 Å². The van der Waals surface area contributed by atoms with Gasteiger partial charge in [0.05, 0.1) is 0 Å². The summed E-state index contributed by atoms with van der Waals surface area (Å²) in [6, 6.07) is 8.59. The van der Waals surface area contributed by atoms with Crippen molar-refractivity contribution in [1.29, 1.82) is 0 Å². The van der Waals surface area contributed by atoms with Gasteiger partial charge in [-0.05, 0) is 77.4 Å². The highest BCUT2D eigenvalue weighted by Gasteiger charge is 2.46. The Morgan fingerprint density at radius 1 is 0.794 bits per heavy atom. The summed E-state index contributed by atoms with van der Waals surface area (Å²) in [5, 5.41) is 8.67. The van der Waals surface area contributed by atoms with E-state index >= 15 is 0 Å². The maximum atomic E-state index is 4.00. The maximum Gasteiger partial charge on any atom is 0.0405 e. The lowest BCUT2D eigenvalue weighted by molar-refractivity contribution is 0.237. The van der Waals surface area contributed by atoms with E-state index in [-0.39, 0.29) is 18.5 Å². The Morgan fingerprint density at radius 3 is 1.68 bits per heavy atom. The number of hydrogen-bond donors (Lipinski definition) is 2. The topological polar surface area (TPSA) is 24.1 Å². The molecule has 194 valence electrons. The van der Waals surface area contributed by atoms with Crippen LogP contribution in [0.25, 0.3) is 0 Å². The standard InChI is InChI=1S/C30H54N2P2/c1-27(2,3)23-17-16-22(21-34(28(4,5)6)29(7,8)9)24(20-23)30(33,25-14-10-12-18-31-25)26-15-11-13-19-32-26/h16-17,20,25-26,31-32H,10-15,18-19,21,33H2,1-9H3. The van der Waals surface area contributed by atoms with Gasteiger partial charge < -0.3 is 10.6 Å². The molecule has 0 aliphatic carbocycles. The smallest absolute Gasteiger partial charge is 0.0405 e. The van der Waals surface area contributed by atoms with Crippen LogP contribution in [0, 0.1) is 0 Å². The summed E-state index contributed by atoms with van der Waals surface area (Å²) in [5.74, 6) is 0. The Labute approximate surface area is 215 Å². The van der Waals surface area contributed by atoms with Gasteiger partial charge in [0.2, 0.25) is 0 Å². The molecular formula is C30H54N2P2. The first kappa shape index (κ1) is 28.6. The minimum absolute atomic E-state index is 0.0220. The van der Waals surface area contributed by atoms with Crippen molar-refractivity contribution < 1.29 is 0 Å². The molecule has 2 aliphatic heterocycles. The van der Waals surface area contributed by atoms with Crippen molar-refractivity contribution in [3.63, 3.8) is 0 Å². The van der Waals surface area contributed by atoms with E-state index in [1.165, 1.54) is 50.3 Å². The average Bonchev–Trinajstić information content (AvgIpc) is 2.76. The second-order valence-electron chi connectivity index (χ2n) is 14.0. The number of benzene rings is 1. The van der Waals surface area contributed by atoms with E-state index < -0.39 is 0 Å². The van der Waals surface area contributed by atoms with Crippen LogP contribution < -0.4 is 10.6 Å². The van der Waals surface area contributed by atoms with Crippen LogP contribution in [-0.2, 0) is 16.7 Å². The van der Waals surface area contributed by atoms with Crippen molar-refractivity contribution in [2.24, 2.45) is 0 Å². The second kappa shape index (κ2) is 10.8. The minimum atomic E-state index is -0.205. The van der Waals surface area contributed by atoms with Crippen LogP contribution >= 0.6 is 17.2 Å². The number of hydrogen-bond acceptors (Lipinski definition) is 2. The van der Waals surface area contributed by atoms with Gasteiger partial charge in [-0.3, -0.25) is 0 Å². The molecule has 2 N–H and O–H groups in total. The van der Waals surface area contributed by atoms with E-state index in [1.54, 1.807) is 11.1 Å². The van der Waals surface area contributed by atoms with E-state index in [0.717, 1.165) is 13.1 Å². The molecule has 2 heterocycles. The molecule has 1 aromatic rings. The first-order valence-electron chi connectivity index (χ1n) is 13.8. The zero-order valence-corrected chi connectivity index (χ0v) is 25.8. The van der Waals surface area contributed by atoms with Gasteiger partial charge >= 0.3 is 0 Å². The van der Waals surface area contributed by atoms with Gasteiger partial charge in [-0.15, -0.1) is 9.24 Å². The Morgan fingerprint density at radius 2 is 1.29 bits per heavy atom. The van der Waals surface area contributed by atoms with Crippen LogP contribution in [0.1, 0.15) is 118 Å². The molecule has 0 radical (unpaired) electrons. The lowest BCUT2D eigenvalue weighted by atomic mass is 9.74. The van der Waals surface area contributed by atoms with Crippen molar-refractivity contribution in [2.75, 3.05) is 13.1 Å². The van der Waals surface area contributed by atoms with Crippen molar-refractivity contribution in [3.8, 4) is 0 Å². The summed E-state index contributed by atoms with van der Waals surface area (Å²) < 4.78 is 0. The number of rotatable bonds is 5. The Hall–Kier alpha value is -0.0000000000000000555. The fourth-order valence-electron chi connectivity index (χ4n) is 6.37. The molecule has 0 aromatic heterocycles. The third-order valence-corrected chi connectivity index (χ3v) is 13.2. The summed E-state index contributed by atoms with van der Waals surface area (Å²) in [7, 11) is 3.26. The lowest BCUT2D eigenvalue weighted by Gasteiger charge is -2.49. The van der Waals surface area contributed by atoms with E-state index in [4.69, 9.17) is 0 Å². The van der Waals surface area contributed by atoms with Crippen LogP contribution in [0.2, 0.25) is 0 Å². The van der Waals surface area contributed by atoms with E-state index in [1.807, 2.05) is 0 Å². The van der Waals surface area contributed by atoms with Crippen molar-refractivity contribution >= 4 is 17.2 Å². The molecule has 1 aromatic carbocycles. The highest BCUT2D eigenvalue weighted by Crippen LogP contribution is 2.62. The van der Waals surface area contributed by atoms with Gasteiger partial charge in [0.25, 0.3) is 0 Å². The molecule has 34 heavy (non-hydrogen) atoms. The molecule has 0 spiro atoms. The average molecular weight is 505 g/mol. The van der Waals surface area contributed by atoms with Gasteiger partial charge in [0.15, 0.2) is 0 Å². The van der Waals surface area contributed by atoms with Gasteiger partial charge in [0.1, 0.15) is 0 Å². The molecule has 3 atom stereocenters. The Bertz CT molecular complexity index is 769. The molecule has 4 heteroatoms. The monoisotopic (exact) mass is 504 g/mol. The first-order chi connectivity index (χ1) is 15.6. The maximum absolute atomic E-state index is 4.00. The van der Waals surface area contributed by atoms with Crippen LogP contribution in [0.4, 0.5) is 0 Å². The Balaban J connectivity index is 2.19. The first-order valence-corrected chi connectivity index (χ1v) is 15.9. The van der Waals surface area contributed by atoms with Gasteiger partial charge in [-0.25, -0.2) is 0 Å². The summed E-state index contributed by atoms with van der Waals surface area (Å²) in [5.41, 5.74) is 4.82. The van der Waals surface area contributed by atoms with Crippen LogP contribution in [-0.4, -0.2) is 35.5 Å². The molecule has 2 aliphatic rings. The molecule has 3 unspecified atom stereocenters. The summed E-state index contributed by atoms with van der Waals surface area (Å²) >= 11 is 0. The predicted octanol–water partition coefficient (Wildman–Crippen LogP) is 7.92. The fourth-order valence-corrected chi connectivity index (χ4v) is 10.8. The summed E-state index contributed by atoms with van der Waals surface area (Å²) in [6.07, 6.45) is 9.05. The molecular weight excluding hydrogens is 450 g/mol. The quantitative estimate of drug-likeness (QED) is 0.398. The van der Waals surface area contributed by atoms with E-state index in [0.29, 0.717) is 22.4 Å². The van der Waals surface area contributed by atoms with Crippen LogP contribution in [0.5, 0.6) is 0 Å². The van der Waals surface area contributed by atoms with E-state index in [9.17, 15) is 0 Å². The molecule has 0 saturated carbocycles. The zero-order chi connectivity index (χ0) is 25.4. The summed E-state index contributed by atoms with van der Waals surface area (Å²) in [4.78, 5) is 0. The highest BCUT2D eigenvalue weighted by atomic mass is 31.1. The molecule has 2 nitrogen and oxygen atoms in total. The van der Waals surface area contributed by atoms with Gasteiger partial charge in [-0.1, -0.05) is 101 Å². The zero-order valence-electron chi connectivity index (χ0n) is 23.8. The molecule has 2 fully saturated rings. The SMILES string of the molecule is CC(C)(C)c1ccc(CP(C(C)(C)C)C(C)(C)C)c(C(P)(C2CCCCN2)C2CCCCN2)c1. The largest absolute Gasteiger partial charge is 0.313 e. The third kappa shape index (κ3) is 6.46. The van der Waals surface area contributed by atoms with E-state index in [2.05, 4.69) is 100 Å². The van der Waals surface area contributed by atoms with Crippen molar-refractivity contribution in [1.82, 2.24) is 10.6 Å². The normalized spacial score (nSPS) is 24.8. The second-order valence-corrected chi connectivity index (χ2v) is 18.8. The highest BCUT2D eigenvalue weighted by molar-refractivity contribution is 7.60. The van der Waals surface area contributed by atoms with Crippen LogP contribution in [0.3, 0.4) is 0 Å². The molecule has 2 saturated heterocycles. The Kier molecular flexibility index (Phi) is 9.05. The third-order valence-electron chi connectivity index (χ3n) is 8.16. The number of piperidine rings is 2. The van der Waals surface area contributed by atoms with Gasteiger partial charge in [-0.2, -0.15) is 0 Å². The van der Waals surface area contributed by atoms with Crippen molar-refractivity contribution in [2.45, 2.75) is 140 Å². The molecule has 0 bridgehead atoms. The van der Waals surface area contributed by atoms with Crippen molar-refractivity contribution in [3.05, 3.63) is 34.9 Å². The number of nitrogens with one attached hydrogen (secondary N) is 2. The predicted molar refractivity (Wildman–Crippen MR) is 158 cm³/mol. The van der Waals surface area contributed by atoms with Crippen LogP contribution in [0.15, 0.2) is 18.2 Å². The molecule has 3 rings (SSSR count). The molecule has 0 amide bonds. The fraction of sp³-hybridized carbons (Fsp3) is 0.800.